The summed E-state index contributed by atoms with van der Waals surface area (Å²) in [5, 5.41) is 7.78. The third-order valence-corrected chi connectivity index (χ3v) is 4.70. The van der Waals surface area contributed by atoms with Crippen molar-refractivity contribution in [3.05, 3.63) is 16.1 Å². The first-order chi connectivity index (χ1) is 11.3. The number of alkyl halides is 3. The van der Waals surface area contributed by atoms with E-state index in [4.69, 9.17) is 0 Å². The topological polar surface area (TPSA) is 52.6 Å². The van der Waals surface area contributed by atoms with Crippen molar-refractivity contribution in [3.8, 4) is 0 Å². The van der Waals surface area contributed by atoms with Crippen LogP contribution >= 0.6 is 35.3 Å². The van der Waals surface area contributed by atoms with Crippen molar-refractivity contribution in [1.82, 2.24) is 20.5 Å². The fourth-order valence-electron chi connectivity index (χ4n) is 2.46. The summed E-state index contributed by atoms with van der Waals surface area (Å²) in [4.78, 5) is 10.1. The summed E-state index contributed by atoms with van der Waals surface area (Å²) < 4.78 is 37.7. The second kappa shape index (κ2) is 9.91. The van der Waals surface area contributed by atoms with E-state index in [1.54, 1.807) is 0 Å². The number of halogens is 4. The van der Waals surface area contributed by atoms with Gasteiger partial charge >= 0.3 is 6.18 Å². The van der Waals surface area contributed by atoms with Crippen molar-refractivity contribution in [1.29, 1.82) is 0 Å². The first kappa shape index (κ1) is 22.4. The fraction of sp³-hybridized carbons (Fsp3) is 0.733. The van der Waals surface area contributed by atoms with Gasteiger partial charge in [-0.3, -0.25) is 0 Å². The number of hydrogen-bond acceptors (Lipinski definition) is 4. The first-order valence-corrected chi connectivity index (χ1v) is 8.89. The van der Waals surface area contributed by atoms with Crippen molar-refractivity contribution in [2.75, 3.05) is 27.2 Å². The van der Waals surface area contributed by atoms with Gasteiger partial charge in [0.2, 0.25) is 0 Å². The minimum absolute atomic E-state index is 0. The normalized spacial score (nSPS) is 16.5. The predicted molar refractivity (Wildman–Crippen MR) is 106 cm³/mol. The van der Waals surface area contributed by atoms with E-state index in [1.165, 1.54) is 12.8 Å². The molecular weight excluding hydrogens is 466 g/mol. The fourth-order valence-corrected chi connectivity index (χ4v) is 3.18. The van der Waals surface area contributed by atoms with Crippen LogP contribution in [0.1, 0.15) is 30.5 Å². The second-order valence-corrected chi connectivity index (χ2v) is 7.01. The molecule has 0 saturated heterocycles. The molecule has 2 rings (SSSR count). The summed E-state index contributed by atoms with van der Waals surface area (Å²) in [6.07, 6.45) is -1.90. The smallest absolute Gasteiger partial charge is 0.357 e. The highest BCUT2D eigenvalue weighted by molar-refractivity contribution is 14.0. The van der Waals surface area contributed by atoms with Crippen LogP contribution in [0.4, 0.5) is 13.2 Å². The van der Waals surface area contributed by atoms with E-state index < -0.39 is 11.9 Å². The molecule has 1 unspecified atom stereocenters. The molecule has 5 nitrogen and oxygen atoms in total. The van der Waals surface area contributed by atoms with Gasteiger partial charge in [-0.05, 0) is 39.8 Å². The van der Waals surface area contributed by atoms with Gasteiger partial charge in [-0.15, -0.1) is 35.3 Å². The van der Waals surface area contributed by atoms with Gasteiger partial charge in [0.1, 0.15) is 5.01 Å². The molecular formula is C15H25F3IN5S. The molecule has 1 heterocycles. The van der Waals surface area contributed by atoms with E-state index in [2.05, 4.69) is 39.6 Å². The molecule has 25 heavy (non-hydrogen) atoms. The Balaban J connectivity index is 0.00000312. The van der Waals surface area contributed by atoms with Crippen LogP contribution in [-0.4, -0.2) is 49.1 Å². The van der Waals surface area contributed by atoms with Gasteiger partial charge in [-0.1, -0.05) is 0 Å². The highest BCUT2D eigenvalue weighted by atomic mass is 127. The van der Waals surface area contributed by atoms with Crippen LogP contribution in [-0.2, 0) is 12.7 Å². The number of nitrogens with zero attached hydrogens (tertiary/aromatic N) is 3. The summed E-state index contributed by atoms with van der Waals surface area (Å²) in [5.74, 6) is 1.32. The molecule has 2 N–H and O–H groups in total. The largest absolute Gasteiger partial charge is 0.434 e. The zero-order valence-electron chi connectivity index (χ0n) is 14.6. The summed E-state index contributed by atoms with van der Waals surface area (Å²) in [6, 6.07) is 0.436. The maximum absolute atomic E-state index is 12.6. The maximum Gasteiger partial charge on any atom is 0.434 e. The van der Waals surface area contributed by atoms with Gasteiger partial charge in [0, 0.05) is 24.5 Å². The van der Waals surface area contributed by atoms with Gasteiger partial charge in [0.05, 0.1) is 6.54 Å². The van der Waals surface area contributed by atoms with Gasteiger partial charge in [0.15, 0.2) is 11.7 Å². The molecule has 0 bridgehead atoms. The van der Waals surface area contributed by atoms with Gasteiger partial charge in [-0.25, -0.2) is 9.98 Å². The van der Waals surface area contributed by atoms with Gasteiger partial charge in [0.25, 0.3) is 0 Å². The molecule has 1 aromatic rings. The lowest BCUT2D eigenvalue weighted by atomic mass is 10.1. The Bertz CT molecular complexity index is 556. The summed E-state index contributed by atoms with van der Waals surface area (Å²) >= 11 is 0.979. The van der Waals surface area contributed by atoms with Gasteiger partial charge < -0.3 is 15.5 Å². The zero-order chi connectivity index (χ0) is 17.7. The van der Waals surface area contributed by atoms with Crippen LogP contribution in [0, 0.1) is 5.92 Å². The standard InChI is InChI=1S/C15H24F3N5S.HI/c1-4-19-14(20-7-11(23(2)3)10-5-6-10)21-8-13-22-12(9-24-13)15(16,17)18;/h9-11H,4-8H2,1-3H3,(H2,19,20,21);1H. The lowest BCUT2D eigenvalue weighted by Gasteiger charge is -2.25. The maximum atomic E-state index is 12.6. The van der Waals surface area contributed by atoms with Crippen LogP contribution in [0.5, 0.6) is 0 Å². The number of guanidine groups is 1. The molecule has 1 saturated carbocycles. The van der Waals surface area contributed by atoms with Crippen LogP contribution in [0.15, 0.2) is 10.4 Å². The third kappa shape index (κ3) is 7.26. The predicted octanol–water partition coefficient (Wildman–Crippen LogP) is 3.18. The number of nitrogens with one attached hydrogen (secondary N) is 2. The van der Waals surface area contributed by atoms with Crippen LogP contribution < -0.4 is 10.6 Å². The highest BCUT2D eigenvalue weighted by Crippen LogP contribution is 2.34. The number of aromatic nitrogens is 1. The number of rotatable bonds is 7. The van der Waals surface area contributed by atoms with Crippen molar-refractivity contribution in [2.24, 2.45) is 10.9 Å². The molecule has 1 aliphatic rings. The average Bonchev–Trinajstić information content (AvgIpc) is 3.19. The minimum Gasteiger partial charge on any atom is -0.357 e. The molecule has 1 atom stereocenters. The van der Waals surface area contributed by atoms with Crippen molar-refractivity contribution in [2.45, 2.75) is 38.5 Å². The molecule has 1 aromatic heterocycles. The van der Waals surface area contributed by atoms with Gasteiger partial charge in [-0.2, -0.15) is 13.2 Å². The quantitative estimate of drug-likeness (QED) is 0.350. The van der Waals surface area contributed by atoms with E-state index in [-0.39, 0.29) is 30.5 Å². The Labute approximate surface area is 167 Å². The number of hydrogen-bond donors (Lipinski definition) is 2. The van der Waals surface area contributed by atoms with Crippen molar-refractivity contribution >= 4 is 41.3 Å². The number of likely N-dealkylation sites (N-methyl/N-ethyl adjacent to an activating group) is 1. The summed E-state index contributed by atoms with van der Waals surface area (Å²) in [5.41, 5.74) is -0.850. The van der Waals surface area contributed by atoms with E-state index in [0.29, 0.717) is 29.5 Å². The Hall–Kier alpha value is -0.620. The Morgan fingerprint density at radius 2 is 2.08 bits per heavy atom. The lowest BCUT2D eigenvalue weighted by molar-refractivity contribution is -0.140. The molecule has 0 radical (unpaired) electrons. The first-order valence-electron chi connectivity index (χ1n) is 8.01. The Morgan fingerprint density at radius 3 is 2.56 bits per heavy atom. The SMILES string of the molecule is CCNC(=NCc1nc(C(F)(F)F)cs1)NCC(C1CC1)N(C)C.I. The van der Waals surface area contributed by atoms with Crippen molar-refractivity contribution in [3.63, 3.8) is 0 Å². The Morgan fingerprint density at radius 1 is 1.40 bits per heavy atom. The molecule has 10 heteroatoms. The number of aliphatic imine (C=N–C) groups is 1. The molecule has 0 aromatic carbocycles. The molecule has 0 spiro atoms. The number of thiazole rings is 1. The molecule has 0 aliphatic heterocycles. The van der Waals surface area contributed by atoms with Crippen molar-refractivity contribution < 1.29 is 13.2 Å². The average molecular weight is 491 g/mol. The van der Waals surface area contributed by atoms with Crippen LogP contribution in [0.3, 0.4) is 0 Å². The third-order valence-electron chi connectivity index (χ3n) is 3.87. The monoisotopic (exact) mass is 491 g/mol. The summed E-state index contributed by atoms with van der Waals surface area (Å²) in [6.45, 7) is 3.53. The lowest BCUT2D eigenvalue weighted by Crippen LogP contribution is -2.46. The molecule has 1 fully saturated rings. The highest BCUT2D eigenvalue weighted by Gasteiger charge is 2.34. The van der Waals surface area contributed by atoms with Crippen LogP contribution in [0.25, 0.3) is 0 Å². The van der Waals surface area contributed by atoms with E-state index in [0.717, 1.165) is 23.3 Å². The van der Waals surface area contributed by atoms with Crippen LogP contribution in [0.2, 0.25) is 0 Å². The minimum atomic E-state index is -4.40. The Kier molecular flexibility index (Phi) is 8.89. The van der Waals surface area contributed by atoms with E-state index >= 15 is 0 Å². The van der Waals surface area contributed by atoms with E-state index in [9.17, 15) is 13.2 Å². The summed E-state index contributed by atoms with van der Waals surface area (Å²) in [7, 11) is 4.12. The second-order valence-electron chi connectivity index (χ2n) is 6.07. The molecule has 144 valence electrons. The molecule has 1 aliphatic carbocycles. The zero-order valence-corrected chi connectivity index (χ0v) is 17.7. The molecule has 0 amide bonds. The van der Waals surface area contributed by atoms with E-state index in [1.807, 2.05) is 6.92 Å².